The van der Waals surface area contributed by atoms with E-state index in [0.29, 0.717) is 15.7 Å². The summed E-state index contributed by atoms with van der Waals surface area (Å²) >= 11 is 12.1. The minimum Gasteiger partial charge on any atom is -0.345 e. The van der Waals surface area contributed by atoms with Gasteiger partial charge in [-0.1, -0.05) is 60.5 Å². The number of benzene rings is 2. The van der Waals surface area contributed by atoms with Crippen LogP contribution in [0.25, 0.3) is 0 Å². The van der Waals surface area contributed by atoms with Gasteiger partial charge < -0.3 is 15.5 Å². The SMILES string of the molecule is CCc1ccc([C@H](C)NC(=O)C[NH+](C)CC(=O)Nc2c(Cl)cccc2Cl)cc1. The molecule has 0 aromatic heterocycles. The highest BCUT2D eigenvalue weighted by molar-refractivity contribution is 6.39. The quantitative estimate of drug-likeness (QED) is 0.612. The van der Waals surface area contributed by atoms with Crippen molar-refractivity contribution in [3.05, 3.63) is 63.6 Å². The largest absolute Gasteiger partial charge is 0.345 e. The fourth-order valence-electron chi connectivity index (χ4n) is 2.83. The summed E-state index contributed by atoms with van der Waals surface area (Å²) in [6, 6.07) is 13.1. The molecule has 0 saturated heterocycles. The lowest BCUT2D eigenvalue weighted by Crippen LogP contribution is -3.11. The number of quaternary nitrogens is 1. The molecule has 2 atom stereocenters. The fraction of sp³-hybridized carbons (Fsp3) is 0.333. The number of hydrogen-bond donors (Lipinski definition) is 3. The normalized spacial score (nSPS) is 12.9. The van der Waals surface area contributed by atoms with Gasteiger partial charge in [0.1, 0.15) is 0 Å². The van der Waals surface area contributed by atoms with Gasteiger partial charge in [-0.25, -0.2) is 0 Å². The van der Waals surface area contributed by atoms with E-state index in [1.165, 1.54) is 5.56 Å². The van der Waals surface area contributed by atoms with Crippen LogP contribution in [0.2, 0.25) is 10.0 Å². The van der Waals surface area contributed by atoms with E-state index in [2.05, 4.69) is 29.7 Å². The van der Waals surface area contributed by atoms with Crippen LogP contribution >= 0.6 is 23.2 Å². The van der Waals surface area contributed by atoms with Crippen molar-refractivity contribution in [2.24, 2.45) is 0 Å². The van der Waals surface area contributed by atoms with E-state index in [1.54, 1.807) is 25.2 Å². The summed E-state index contributed by atoms with van der Waals surface area (Å²) < 4.78 is 0. The molecule has 2 amide bonds. The molecule has 0 aliphatic carbocycles. The molecule has 150 valence electrons. The van der Waals surface area contributed by atoms with Gasteiger partial charge in [-0.05, 0) is 36.6 Å². The molecule has 1 unspecified atom stereocenters. The molecule has 2 rings (SSSR count). The Morgan fingerprint density at radius 1 is 1.00 bits per heavy atom. The molecule has 0 fully saturated rings. The van der Waals surface area contributed by atoms with E-state index < -0.39 is 0 Å². The second-order valence-corrected chi connectivity index (χ2v) is 7.65. The van der Waals surface area contributed by atoms with Gasteiger partial charge in [0.25, 0.3) is 11.8 Å². The van der Waals surface area contributed by atoms with Crippen molar-refractivity contribution in [1.29, 1.82) is 0 Å². The van der Waals surface area contributed by atoms with Crippen molar-refractivity contribution >= 4 is 40.7 Å². The predicted octanol–water partition coefficient (Wildman–Crippen LogP) is 2.89. The van der Waals surface area contributed by atoms with E-state index in [-0.39, 0.29) is 30.9 Å². The summed E-state index contributed by atoms with van der Waals surface area (Å²) in [6.45, 7) is 4.35. The first kappa shape index (κ1) is 22.2. The Labute approximate surface area is 176 Å². The molecule has 0 aliphatic rings. The first-order valence-electron chi connectivity index (χ1n) is 9.23. The van der Waals surface area contributed by atoms with Crippen molar-refractivity contribution < 1.29 is 14.5 Å². The number of carbonyl (C=O) groups excluding carboxylic acids is 2. The smallest absolute Gasteiger partial charge is 0.279 e. The lowest BCUT2D eigenvalue weighted by molar-refractivity contribution is -0.862. The summed E-state index contributed by atoms with van der Waals surface area (Å²) in [5.74, 6) is -0.378. The maximum atomic E-state index is 12.3. The maximum Gasteiger partial charge on any atom is 0.279 e. The number of carbonyl (C=O) groups is 2. The first-order chi connectivity index (χ1) is 13.3. The van der Waals surface area contributed by atoms with Crippen LogP contribution in [-0.2, 0) is 16.0 Å². The van der Waals surface area contributed by atoms with Gasteiger partial charge in [0.15, 0.2) is 13.1 Å². The van der Waals surface area contributed by atoms with Gasteiger partial charge >= 0.3 is 0 Å². The average Bonchev–Trinajstić information content (AvgIpc) is 2.64. The molecule has 0 aliphatic heterocycles. The zero-order valence-electron chi connectivity index (χ0n) is 16.3. The summed E-state index contributed by atoms with van der Waals surface area (Å²) in [7, 11) is 1.79. The average molecular weight is 423 g/mol. The Kier molecular flexibility index (Phi) is 8.30. The lowest BCUT2D eigenvalue weighted by Gasteiger charge is -2.18. The van der Waals surface area contributed by atoms with E-state index in [0.717, 1.165) is 16.9 Å². The highest BCUT2D eigenvalue weighted by Crippen LogP contribution is 2.29. The van der Waals surface area contributed by atoms with Crippen LogP contribution in [0.3, 0.4) is 0 Å². The number of aryl methyl sites for hydroxylation is 1. The van der Waals surface area contributed by atoms with Crippen LogP contribution in [-0.4, -0.2) is 32.0 Å². The number of likely N-dealkylation sites (N-methyl/N-ethyl adjacent to an activating group) is 1. The van der Waals surface area contributed by atoms with Crippen LogP contribution in [0.15, 0.2) is 42.5 Å². The minimum atomic E-state index is -0.261. The Balaban J connectivity index is 1.83. The van der Waals surface area contributed by atoms with E-state index in [9.17, 15) is 9.59 Å². The van der Waals surface area contributed by atoms with E-state index in [1.807, 2.05) is 19.1 Å². The second-order valence-electron chi connectivity index (χ2n) is 6.84. The Morgan fingerprint density at radius 2 is 1.57 bits per heavy atom. The van der Waals surface area contributed by atoms with Crippen LogP contribution < -0.4 is 15.5 Å². The third-order valence-corrected chi connectivity index (χ3v) is 5.05. The van der Waals surface area contributed by atoms with Crippen molar-refractivity contribution in [2.45, 2.75) is 26.3 Å². The molecule has 0 heterocycles. The third-order valence-electron chi connectivity index (χ3n) is 4.42. The zero-order chi connectivity index (χ0) is 20.7. The third kappa shape index (κ3) is 6.51. The molecule has 5 nitrogen and oxygen atoms in total. The number of amides is 2. The van der Waals surface area contributed by atoms with Gasteiger partial charge in [0.2, 0.25) is 0 Å². The molecule has 0 radical (unpaired) electrons. The lowest BCUT2D eigenvalue weighted by atomic mass is 10.1. The topological polar surface area (TPSA) is 62.6 Å². The number of hydrogen-bond acceptors (Lipinski definition) is 2. The summed E-state index contributed by atoms with van der Waals surface area (Å²) in [4.78, 5) is 25.3. The van der Waals surface area contributed by atoms with Crippen molar-refractivity contribution in [2.75, 3.05) is 25.5 Å². The number of nitrogens with one attached hydrogen (secondary N) is 3. The van der Waals surface area contributed by atoms with E-state index >= 15 is 0 Å². The second kappa shape index (κ2) is 10.5. The fourth-order valence-corrected chi connectivity index (χ4v) is 3.32. The molecule has 28 heavy (non-hydrogen) atoms. The molecule has 2 aromatic rings. The maximum absolute atomic E-state index is 12.3. The molecular weight excluding hydrogens is 397 g/mol. The molecular formula is C21H26Cl2N3O2+. The first-order valence-corrected chi connectivity index (χ1v) is 9.99. The molecule has 3 N–H and O–H groups in total. The zero-order valence-corrected chi connectivity index (χ0v) is 17.8. The van der Waals surface area contributed by atoms with Crippen molar-refractivity contribution in [3.8, 4) is 0 Å². The monoisotopic (exact) mass is 422 g/mol. The Morgan fingerprint density at radius 3 is 2.14 bits per heavy atom. The Bertz CT molecular complexity index is 805. The number of anilines is 1. The van der Waals surface area contributed by atoms with Gasteiger partial charge in [-0.2, -0.15) is 0 Å². The summed E-state index contributed by atoms with van der Waals surface area (Å²) in [5, 5.41) is 6.43. The Hall–Kier alpha value is -2.08. The summed E-state index contributed by atoms with van der Waals surface area (Å²) in [5.41, 5.74) is 2.70. The minimum absolute atomic E-state index is 0.0954. The molecule has 2 aromatic carbocycles. The highest BCUT2D eigenvalue weighted by Gasteiger charge is 2.18. The van der Waals surface area contributed by atoms with Crippen LogP contribution in [0.5, 0.6) is 0 Å². The van der Waals surface area contributed by atoms with Crippen LogP contribution in [0, 0.1) is 0 Å². The molecule has 7 heteroatoms. The molecule has 0 saturated carbocycles. The van der Waals surface area contributed by atoms with Gasteiger partial charge in [0.05, 0.1) is 28.8 Å². The number of rotatable bonds is 8. The van der Waals surface area contributed by atoms with Crippen LogP contribution in [0.1, 0.15) is 31.0 Å². The standard InChI is InChI=1S/C21H25Cl2N3O2/c1-4-15-8-10-16(11-9-15)14(2)24-19(27)12-26(3)13-20(28)25-21-17(22)6-5-7-18(21)23/h5-11,14H,4,12-13H2,1-3H3,(H,24,27)(H,25,28)/p+1/t14-/m0/s1. The molecule has 0 spiro atoms. The van der Waals surface area contributed by atoms with Gasteiger partial charge in [0, 0.05) is 0 Å². The highest BCUT2D eigenvalue weighted by atomic mass is 35.5. The predicted molar refractivity (Wildman–Crippen MR) is 114 cm³/mol. The van der Waals surface area contributed by atoms with Crippen molar-refractivity contribution in [1.82, 2.24) is 5.32 Å². The summed E-state index contributed by atoms with van der Waals surface area (Å²) in [6.07, 6.45) is 0.983. The number of halogens is 2. The van der Waals surface area contributed by atoms with Crippen LogP contribution in [0.4, 0.5) is 5.69 Å². The molecule has 0 bridgehead atoms. The van der Waals surface area contributed by atoms with Crippen molar-refractivity contribution in [3.63, 3.8) is 0 Å². The van der Waals surface area contributed by atoms with Gasteiger partial charge in [-0.3, -0.25) is 9.59 Å². The van der Waals surface area contributed by atoms with Gasteiger partial charge in [-0.15, -0.1) is 0 Å². The van der Waals surface area contributed by atoms with E-state index in [4.69, 9.17) is 23.2 Å². The number of para-hydroxylation sites is 1.